The second-order valence-electron chi connectivity index (χ2n) is 14.7. The van der Waals surface area contributed by atoms with Crippen LogP contribution in [-0.2, 0) is 32.0 Å². The van der Waals surface area contributed by atoms with Crippen molar-refractivity contribution >= 4 is 116 Å². The van der Waals surface area contributed by atoms with E-state index < -0.39 is 47.3 Å². The SMILES string of the molecule is CCOc1c(NC(=O)C(N=Nc2cc(Cl)cc(C(=O)Nc3ccc(CCCl)cc3)c2)C(C)=O)ccc(NC(=O)C(N=Nc2cc(Cl)cc(C(=O)Nc3ccc(CCCl)cc3)c2)C(C)=O)c1OCC. The molecule has 0 aliphatic heterocycles. The van der Waals surface area contributed by atoms with Gasteiger partial charge in [-0.05, 0) is 124 Å². The van der Waals surface area contributed by atoms with Gasteiger partial charge in [0.2, 0.25) is 12.1 Å². The minimum atomic E-state index is -1.66. The van der Waals surface area contributed by atoms with Crippen molar-refractivity contribution in [2.45, 2.75) is 52.6 Å². The minimum absolute atomic E-state index is 0.0177. The summed E-state index contributed by atoms with van der Waals surface area (Å²) in [6.45, 7) is 5.81. The first kappa shape index (κ1) is 52.3. The van der Waals surface area contributed by atoms with Crippen molar-refractivity contribution in [3.8, 4) is 11.5 Å². The van der Waals surface area contributed by atoms with E-state index in [1.54, 1.807) is 38.1 Å². The molecule has 0 saturated heterocycles. The molecule has 5 aromatic rings. The molecule has 0 fully saturated rings. The number of carbonyl (C=O) groups is 6. The molecule has 0 aromatic heterocycles. The van der Waals surface area contributed by atoms with Gasteiger partial charge in [-0.15, -0.1) is 23.2 Å². The molecule has 5 aromatic carbocycles. The van der Waals surface area contributed by atoms with Crippen molar-refractivity contribution in [3.63, 3.8) is 0 Å². The van der Waals surface area contributed by atoms with E-state index in [9.17, 15) is 28.8 Å². The van der Waals surface area contributed by atoms with Crippen LogP contribution in [0.5, 0.6) is 11.5 Å². The lowest BCUT2D eigenvalue weighted by Gasteiger charge is -2.20. The van der Waals surface area contributed by atoms with E-state index in [0.717, 1.165) is 25.0 Å². The number of ether oxygens (including phenoxy) is 2. The Labute approximate surface area is 412 Å². The number of hydrogen-bond acceptors (Lipinski definition) is 12. The third-order valence-electron chi connectivity index (χ3n) is 9.53. The largest absolute Gasteiger partial charge is 0.488 e. The molecule has 0 bridgehead atoms. The van der Waals surface area contributed by atoms with Gasteiger partial charge in [0, 0.05) is 44.3 Å². The van der Waals surface area contributed by atoms with Gasteiger partial charge in [-0.2, -0.15) is 20.5 Å². The van der Waals surface area contributed by atoms with Gasteiger partial charge in [-0.25, -0.2) is 0 Å². The number of Topliss-reactive ketones (excluding diaryl/α,β-unsaturated/α-hetero) is 2. The number of benzene rings is 5. The van der Waals surface area contributed by atoms with Gasteiger partial charge >= 0.3 is 0 Å². The number of ketones is 2. The number of hydrogen-bond donors (Lipinski definition) is 4. The third kappa shape index (κ3) is 14.9. The topological polar surface area (TPSA) is 218 Å². The fourth-order valence-electron chi connectivity index (χ4n) is 6.28. The summed E-state index contributed by atoms with van der Waals surface area (Å²) in [7, 11) is 0. The molecule has 68 heavy (non-hydrogen) atoms. The molecule has 354 valence electrons. The molecule has 0 spiro atoms. The van der Waals surface area contributed by atoms with Crippen LogP contribution in [0.25, 0.3) is 0 Å². The van der Waals surface area contributed by atoms with Gasteiger partial charge in [0.15, 0.2) is 23.1 Å². The first-order chi connectivity index (χ1) is 32.6. The predicted octanol–water partition coefficient (Wildman–Crippen LogP) is 11.2. The number of halogens is 4. The fraction of sp³-hybridized carbons (Fsp3) is 0.250. The highest BCUT2D eigenvalue weighted by atomic mass is 35.5. The highest BCUT2D eigenvalue weighted by molar-refractivity contribution is 6.31. The summed E-state index contributed by atoms with van der Waals surface area (Å²) in [5.74, 6) is -3.20. The van der Waals surface area contributed by atoms with E-state index >= 15 is 0 Å². The second-order valence-corrected chi connectivity index (χ2v) is 16.3. The lowest BCUT2D eigenvalue weighted by atomic mass is 10.1. The van der Waals surface area contributed by atoms with Crippen molar-refractivity contribution in [2.75, 3.05) is 46.2 Å². The molecular formula is C48H46Cl4N8O8. The lowest BCUT2D eigenvalue weighted by Crippen LogP contribution is -2.32. The van der Waals surface area contributed by atoms with Crippen molar-refractivity contribution in [2.24, 2.45) is 20.5 Å². The molecule has 4 N–H and O–H groups in total. The normalized spacial score (nSPS) is 12.0. The van der Waals surface area contributed by atoms with Crippen molar-refractivity contribution in [1.82, 2.24) is 0 Å². The van der Waals surface area contributed by atoms with Crippen LogP contribution in [0.2, 0.25) is 10.0 Å². The van der Waals surface area contributed by atoms with Crippen LogP contribution in [0, 0.1) is 0 Å². The number of rotatable bonds is 22. The van der Waals surface area contributed by atoms with Gasteiger partial charge < -0.3 is 30.7 Å². The van der Waals surface area contributed by atoms with Gasteiger partial charge in [0.05, 0.1) is 36.0 Å². The van der Waals surface area contributed by atoms with Crippen LogP contribution >= 0.6 is 46.4 Å². The Morgan fingerprint density at radius 1 is 0.529 bits per heavy atom. The van der Waals surface area contributed by atoms with E-state index in [1.807, 2.05) is 24.3 Å². The Morgan fingerprint density at radius 3 is 1.22 bits per heavy atom. The van der Waals surface area contributed by atoms with E-state index in [-0.39, 0.29) is 68.6 Å². The van der Waals surface area contributed by atoms with Gasteiger partial charge in [-0.1, -0.05) is 47.5 Å². The Hall–Kier alpha value is -6.72. The molecule has 0 aliphatic rings. The third-order valence-corrected chi connectivity index (χ3v) is 10.3. The predicted molar refractivity (Wildman–Crippen MR) is 265 cm³/mol. The Morgan fingerprint density at radius 2 is 0.897 bits per heavy atom. The van der Waals surface area contributed by atoms with Crippen molar-refractivity contribution < 1.29 is 38.2 Å². The second kappa shape index (κ2) is 25.4. The van der Waals surface area contributed by atoms with Gasteiger partial charge in [0.25, 0.3) is 23.6 Å². The highest BCUT2D eigenvalue weighted by Crippen LogP contribution is 2.42. The Balaban J connectivity index is 1.32. The average Bonchev–Trinajstić information content (AvgIpc) is 3.29. The van der Waals surface area contributed by atoms with E-state index in [1.165, 1.54) is 48.5 Å². The zero-order valence-corrected chi connectivity index (χ0v) is 40.2. The van der Waals surface area contributed by atoms with Gasteiger partial charge in [-0.3, -0.25) is 28.8 Å². The summed E-state index contributed by atoms with van der Waals surface area (Å²) >= 11 is 24.3. The molecule has 2 unspecified atom stereocenters. The molecule has 0 heterocycles. The molecule has 2 atom stereocenters. The van der Waals surface area contributed by atoms with Crippen LogP contribution in [-0.4, -0.2) is 72.3 Å². The first-order valence-electron chi connectivity index (χ1n) is 21.0. The van der Waals surface area contributed by atoms with Crippen LogP contribution in [0.1, 0.15) is 59.5 Å². The number of anilines is 4. The molecule has 5 rings (SSSR count). The maximum Gasteiger partial charge on any atom is 0.258 e. The summed E-state index contributed by atoms with van der Waals surface area (Å²) in [5, 5.41) is 27.3. The molecular weight excluding hydrogens is 958 g/mol. The summed E-state index contributed by atoms with van der Waals surface area (Å²) in [5.41, 5.74) is 3.67. The number of nitrogens with one attached hydrogen (secondary N) is 4. The fourth-order valence-corrected chi connectivity index (χ4v) is 7.18. The summed E-state index contributed by atoms with van der Waals surface area (Å²) in [4.78, 5) is 79.2. The van der Waals surface area contributed by atoms with E-state index in [2.05, 4.69) is 41.7 Å². The lowest BCUT2D eigenvalue weighted by molar-refractivity contribution is -0.127. The standard InChI is InChI=1S/C48H46Cl4N8O8/c1-5-67-43-39(55-47(65)41(27(3)61)59-57-37-23-31(21-33(51)25-37)45(63)53-35-11-7-29(8-12-35)17-19-49)15-16-40(44(43)68-6-2)56-48(66)42(28(4)62)60-58-38-24-32(22-34(52)26-38)46(64)54-36-13-9-30(10-14-36)18-20-50/h7-16,21-26,41-42H,5-6,17-20H2,1-4H3,(H,53,63)(H,54,64)(H,55,65)(H,56,66). The smallest absolute Gasteiger partial charge is 0.258 e. The summed E-state index contributed by atoms with van der Waals surface area (Å²) < 4.78 is 11.8. The maximum atomic E-state index is 13.7. The Bertz CT molecular complexity index is 2530. The quantitative estimate of drug-likeness (QED) is 0.0296. The monoisotopic (exact) mass is 1000 g/mol. The number of nitrogens with zero attached hydrogens (tertiary/aromatic N) is 4. The zero-order chi connectivity index (χ0) is 49.3. The number of carbonyl (C=O) groups excluding carboxylic acids is 6. The molecule has 0 aliphatic carbocycles. The molecule has 0 saturated carbocycles. The van der Waals surface area contributed by atoms with E-state index in [4.69, 9.17) is 55.9 Å². The number of azo groups is 2. The molecule has 16 nitrogen and oxygen atoms in total. The highest BCUT2D eigenvalue weighted by Gasteiger charge is 2.29. The van der Waals surface area contributed by atoms with E-state index in [0.29, 0.717) is 36.0 Å². The van der Waals surface area contributed by atoms with Gasteiger partial charge in [0.1, 0.15) is 0 Å². The number of alkyl halides is 2. The maximum absolute atomic E-state index is 13.7. The number of amides is 4. The van der Waals surface area contributed by atoms with Crippen LogP contribution < -0.4 is 30.7 Å². The number of aryl methyl sites for hydroxylation is 2. The molecule has 0 radical (unpaired) electrons. The van der Waals surface area contributed by atoms with Crippen LogP contribution in [0.3, 0.4) is 0 Å². The Kier molecular flexibility index (Phi) is 19.5. The summed E-state index contributed by atoms with van der Waals surface area (Å²) in [6.07, 6.45) is 1.36. The summed E-state index contributed by atoms with van der Waals surface area (Å²) in [6, 6.07) is 22.3. The zero-order valence-electron chi connectivity index (χ0n) is 37.2. The molecule has 20 heteroatoms. The minimum Gasteiger partial charge on any atom is -0.488 e. The van der Waals surface area contributed by atoms with Crippen LogP contribution in [0.15, 0.2) is 118 Å². The van der Waals surface area contributed by atoms with Crippen molar-refractivity contribution in [1.29, 1.82) is 0 Å². The van der Waals surface area contributed by atoms with Crippen molar-refractivity contribution in [3.05, 3.63) is 129 Å². The molecule has 4 amide bonds. The average molecular weight is 1000 g/mol. The van der Waals surface area contributed by atoms with Crippen LogP contribution in [0.4, 0.5) is 34.1 Å². The first-order valence-corrected chi connectivity index (χ1v) is 22.9.